The number of allylic oxidation sites excluding steroid dienone is 1. The van der Waals surface area contributed by atoms with Gasteiger partial charge in [-0.3, -0.25) is 9.36 Å². The van der Waals surface area contributed by atoms with Crippen molar-refractivity contribution in [3.05, 3.63) is 119 Å². The zero-order valence-electron chi connectivity index (χ0n) is 25.0. The number of rotatable bonds is 11. The van der Waals surface area contributed by atoms with Gasteiger partial charge in [0.2, 0.25) is 0 Å². The third kappa shape index (κ3) is 6.59. The van der Waals surface area contributed by atoms with E-state index in [4.69, 9.17) is 30.5 Å². The second-order valence-electron chi connectivity index (χ2n) is 9.82. The summed E-state index contributed by atoms with van der Waals surface area (Å²) >= 11 is 7.56. The molecule has 1 aliphatic rings. The highest BCUT2D eigenvalue weighted by molar-refractivity contribution is 7.07. The molecule has 1 atom stereocenters. The standard InChI is InChI=1S/C34H33ClN2O6S/c1-5-40-25-15-13-23(14-16-25)31-30(33(39)42-7-3)21(4)36-34-37(31)32(38)29(44-34)19-22-12-17-27(28(18-22)41-6-2)43-20-24-10-8-9-11-26(24)35/h8-19,31H,5-7,20H2,1-4H3/b29-19+. The average molecular weight is 633 g/mol. The highest BCUT2D eigenvalue weighted by Crippen LogP contribution is 2.32. The lowest BCUT2D eigenvalue weighted by atomic mass is 9.96. The molecule has 0 fully saturated rings. The fraction of sp³-hybridized carbons (Fsp3) is 0.265. The molecule has 0 saturated carbocycles. The predicted molar refractivity (Wildman–Crippen MR) is 171 cm³/mol. The van der Waals surface area contributed by atoms with Gasteiger partial charge in [0.1, 0.15) is 12.4 Å². The smallest absolute Gasteiger partial charge is 0.338 e. The summed E-state index contributed by atoms with van der Waals surface area (Å²) in [7, 11) is 0. The van der Waals surface area contributed by atoms with Gasteiger partial charge in [0.25, 0.3) is 5.56 Å². The molecule has 8 nitrogen and oxygen atoms in total. The van der Waals surface area contributed by atoms with Crippen molar-refractivity contribution >= 4 is 35.0 Å². The van der Waals surface area contributed by atoms with Crippen LogP contribution in [0.5, 0.6) is 17.2 Å². The van der Waals surface area contributed by atoms with E-state index in [1.807, 2.05) is 80.6 Å². The number of aromatic nitrogens is 1. The highest BCUT2D eigenvalue weighted by atomic mass is 35.5. The third-order valence-corrected chi connectivity index (χ3v) is 8.28. The zero-order valence-corrected chi connectivity index (χ0v) is 26.5. The second-order valence-corrected chi connectivity index (χ2v) is 11.2. The lowest BCUT2D eigenvalue weighted by Gasteiger charge is -2.24. The monoisotopic (exact) mass is 632 g/mol. The number of esters is 1. The molecule has 3 aromatic carbocycles. The molecule has 228 valence electrons. The van der Waals surface area contributed by atoms with Crippen LogP contribution in [-0.2, 0) is 16.1 Å². The summed E-state index contributed by atoms with van der Waals surface area (Å²) in [6.07, 6.45) is 1.79. The van der Waals surface area contributed by atoms with Crippen LogP contribution < -0.4 is 29.1 Å². The number of carbonyl (C=O) groups is 1. The Morgan fingerprint density at radius 1 is 0.955 bits per heavy atom. The Kier molecular flexibility index (Phi) is 9.87. The van der Waals surface area contributed by atoms with E-state index in [9.17, 15) is 9.59 Å². The maximum atomic E-state index is 14.0. The van der Waals surface area contributed by atoms with Crippen LogP contribution in [0.1, 0.15) is 50.4 Å². The van der Waals surface area contributed by atoms with E-state index in [1.54, 1.807) is 24.5 Å². The van der Waals surface area contributed by atoms with Gasteiger partial charge >= 0.3 is 5.97 Å². The number of benzene rings is 3. The van der Waals surface area contributed by atoms with E-state index in [1.165, 1.54) is 11.3 Å². The number of nitrogens with zero attached hydrogens (tertiary/aromatic N) is 2. The Balaban J connectivity index is 1.55. The number of hydrogen-bond acceptors (Lipinski definition) is 8. The maximum Gasteiger partial charge on any atom is 0.338 e. The zero-order chi connectivity index (χ0) is 31.2. The molecule has 0 spiro atoms. The molecular formula is C34H33ClN2O6S. The summed E-state index contributed by atoms with van der Waals surface area (Å²) in [6.45, 7) is 8.77. The lowest BCUT2D eigenvalue weighted by molar-refractivity contribution is -0.139. The Bertz CT molecular complexity index is 1880. The normalized spacial score (nSPS) is 14.6. The minimum absolute atomic E-state index is 0.205. The van der Waals surface area contributed by atoms with Crippen molar-refractivity contribution < 1.29 is 23.7 Å². The minimum Gasteiger partial charge on any atom is -0.494 e. The third-order valence-electron chi connectivity index (χ3n) is 6.93. The molecule has 0 saturated heterocycles. The van der Waals surface area contributed by atoms with Gasteiger partial charge in [-0.15, -0.1) is 0 Å². The topological polar surface area (TPSA) is 88.4 Å². The summed E-state index contributed by atoms with van der Waals surface area (Å²) in [5.74, 6) is 1.31. The molecule has 10 heteroatoms. The van der Waals surface area contributed by atoms with Crippen molar-refractivity contribution in [2.45, 2.75) is 40.3 Å². The maximum absolute atomic E-state index is 14.0. The highest BCUT2D eigenvalue weighted by Gasteiger charge is 2.33. The average Bonchev–Trinajstić information content (AvgIpc) is 3.31. The number of carbonyl (C=O) groups excluding carboxylic acids is 1. The van der Waals surface area contributed by atoms with Crippen LogP contribution in [0.4, 0.5) is 0 Å². The van der Waals surface area contributed by atoms with Crippen LogP contribution in [0.3, 0.4) is 0 Å². The van der Waals surface area contributed by atoms with Crippen molar-refractivity contribution in [2.24, 2.45) is 4.99 Å². The first-order valence-electron chi connectivity index (χ1n) is 14.4. The number of halogens is 1. The molecule has 0 bridgehead atoms. The van der Waals surface area contributed by atoms with Gasteiger partial charge in [0, 0.05) is 10.6 Å². The fourth-order valence-corrected chi connectivity index (χ4v) is 6.18. The summed E-state index contributed by atoms with van der Waals surface area (Å²) in [4.78, 5) is 32.3. The Morgan fingerprint density at radius 3 is 2.41 bits per heavy atom. The van der Waals surface area contributed by atoms with Gasteiger partial charge in [0.15, 0.2) is 16.3 Å². The molecule has 0 radical (unpaired) electrons. The number of hydrogen-bond donors (Lipinski definition) is 0. The summed E-state index contributed by atoms with van der Waals surface area (Å²) in [5.41, 5.74) is 2.93. The van der Waals surface area contributed by atoms with Crippen molar-refractivity contribution in [3.63, 3.8) is 0 Å². The molecule has 1 aliphatic heterocycles. The minimum atomic E-state index is -0.706. The van der Waals surface area contributed by atoms with E-state index in [2.05, 4.69) is 4.99 Å². The molecule has 0 N–H and O–H groups in total. The van der Waals surface area contributed by atoms with Crippen LogP contribution in [-0.4, -0.2) is 30.4 Å². The van der Waals surface area contributed by atoms with E-state index in [0.717, 1.165) is 16.7 Å². The Morgan fingerprint density at radius 2 is 1.70 bits per heavy atom. The molecular weight excluding hydrogens is 600 g/mol. The van der Waals surface area contributed by atoms with Gasteiger partial charge in [0.05, 0.1) is 41.7 Å². The number of ether oxygens (including phenoxy) is 4. The molecule has 1 aromatic heterocycles. The summed E-state index contributed by atoms with van der Waals surface area (Å²) in [6, 6.07) is 19.7. The van der Waals surface area contributed by atoms with Gasteiger partial charge in [-0.1, -0.05) is 59.3 Å². The fourth-order valence-electron chi connectivity index (χ4n) is 4.94. The van der Waals surface area contributed by atoms with Gasteiger partial charge in [-0.2, -0.15) is 0 Å². The second kappa shape index (κ2) is 14.0. The molecule has 44 heavy (non-hydrogen) atoms. The molecule has 1 unspecified atom stereocenters. The molecule has 0 amide bonds. The molecule has 0 aliphatic carbocycles. The lowest BCUT2D eigenvalue weighted by Crippen LogP contribution is -2.39. The first kappa shape index (κ1) is 31.1. The van der Waals surface area contributed by atoms with E-state index < -0.39 is 12.0 Å². The summed E-state index contributed by atoms with van der Waals surface area (Å²) in [5, 5.41) is 0.627. The first-order valence-corrected chi connectivity index (χ1v) is 15.6. The number of thiazole rings is 1. The van der Waals surface area contributed by atoms with Crippen LogP contribution in [0.25, 0.3) is 6.08 Å². The Labute approximate surface area is 264 Å². The molecule has 5 rings (SSSR count). The van der Waals surface area contributed by atoms with Crippen LogP contribution >= 0.6 is 22.9 Å². The van der Waals surface area contributed by atoms with Gasteiger partial charge in [-0.05, 0) is 75.2 Å². The Hall–Kier alpha value is -4.34. The van der Waals surface area contributed by atoms with Crippen molar-refractivity contribution in [1.82, 2.24) is 4.57 Å². The van der Waals surface area contributed by atoms with Gasteiger partial charge in [-0.25, -0.2) is 9.79 Å². The van der Waals surface area contributed by atoms with Crippen LogP contribution in [0.2, 0.25) is 5.02 Å². The van der Waals surface area contributed by atoms with Crippen molar-refractivity contribution in [1.29, 1.82) is 0 Å². The quantitative estimate of drug-likeness (QED) is 0.193. The van der Waals surface area contributed by atoms with Crippen LogP contribution in [0, 0.1) is 0 Å². The molecule has 4 aromatic rings. The van der Waals surface area contributed by atoms with Crippen molar-refractivity contribution in [2.75, 3.05) is 19.8 Å². The predicted octanol–water partition coefficient (Wildman–Crippen LogP) is 5.83. The first-order chi connectivity index (χ1) is 21.3. The largest absolute Gasteiger partial charge is 0.494 e. The van der Waals surface area contributed by atoms with Gasteiger partial charge < -0.3 is 18.9 Å². The van der Waals surface area contributed by atoms with E-state index in [-0.39, 0.29) is 18.8 Å². The summed E-state index contributed by atoms with van der Waals surface area (Å²) < 4.78 is 24.9. The SMILES string of the molecule is CCOC(=O)C1=C(C)N=c2s/c(=C/c3ccc(OCc4ccccc4Cl)c(OCC)c3)c(=O)n2C1c1ccc(OCC)cc1. The van der Waals surface area contributed by atoms with E-state index in [0.29, 0.717) is 56.1 Å². The molecule has 2 heterocycles. The van der Waals surface area contributed by atoms with Crippen LogP contribution in [0.15, 0.2) is 87.8 Å². The number of fused-ring (bicyclic) bond motifs is 1. The van der Waals surface area contributed by atoms with Crippen molar-refractivity contribution in [3.8, 4) is 17.2 Å². The van der Waals surface area contributed by atoms with E-state index >= 15 is 0 Å².